The number of urea groups is 1. The summed E-state index contributed by atoms with van der Waals surface area (Å²) in [6, 6.07) is 14.4. The number of benzene rings is 2. The van der Waals surface area contributed by atoms with Crippen LogP contribution < -0.4 is 14.8 Å². The first-order valence-corrected chi connectivity index (χ1v) is 9.01. The summed E-state index contributed by atoms with van der Waals surface area (Å²) in [5.41, 5.74) is 0.810. The largest absolute Gasteiger partial charge is 0.494 e. The van der Waals surface area contributed by atoms with Crippen LogP contribution in [0, 0.1) is 6.92 Å². The zero-order chi connectivity index (χ0) is 19.4. The fraction of sp³-hybridized carbons (Fsp3) is 0.333. The smallest absolute Gasteiger partial charge is 0.325 e. The molecule has 6 nitrogen and oxygen atoms in total. The summed E-state index contributed by atoms with van der Waals surface area (Å²) in [6.45, 7) is 6.63. The van der Waals surface area contributed by atoms with E-state index in [0.717, 1.165) is 16.9 Å². The first-order valence-electron chi connectivity index (χ1n) is 9.01. The van der Waals surface area contributed by atoms with Gasteiger partial charge in [-0.15, -0.1) is 0 Å². The van der Waals surface area contributed by atoms with Crippen LogP contribution in [0.2, 0.25) is 0 Å². The second-order valence-corrected chi connectivity index (χ2v) is 6.63. The van der Waals surface area contributed by atoms with Gasteiger partial charge in [0.2, 0.25) is 0 Å². The van der Waals surface area contributed by atoms with Crippen molar-refractivity contribution in [3.05, 3.63) is 59.7 Å². The van der Waals surface area contributed by atoms with Crippen molar-refractivity contribution in [1.82, 2.24) is 10.2 Å². The van der Waals surface area contributed by atoms with Crippen molar-refractivity contribution in [3.8, 4) is 11.5 Å². The van der Waals surface area contributed by atoms with Gasteiger partial charge >= 0.3 is 6.03 Å². The third-order valence-corrected chi connectivity index (χ3v) is 4.62. The number of ether oxygens (including phenoxy) is 2. The van der Waals surface area contributed by atoms with Crippen LogP contribution in [0.4, 0.5) is 4.79 Å². The molecule has 3 amide bonds. The molecule has 0 radical (unpaired) electrons. The summed E-state index contributed by atoms with van der Waals surface area (Å²) < 4.78 is 11.0. The summed E-state index contributed by atoms with van der Waals surface area (Å²) in [5.74, 6) is 1.16. The lowest BCUT2D eigenvalue weighted by molar-refractivity contribution is -0.131. The molecular formula is C21H24N2O4. The van der Waals surface area contributed by atoms with E-state index in [4.69, 9.17) is 9.47 Å². The number of hydrogen-bond donors (Lipinski definition) is 1. The van der Waals surface area contributed by atoms with Gasteiger partial charge in [0.25, 0.3) is 5.91 Å². The van der Waals surface area contributed by atoms with Crippen molar-refractivity contribution in [2.45, 2.75) is 26.3 Å². The molecular weight excluding hydrogens is 344 g/mol. The minimum Gasteiger partial charge on any atom is -0.494 e. The molecule has 0 aliphatic carbocycles. The van der Waals surface area contributed by atoms with Crippen molar-refractivity contribution in [3.63, 3.8) is 0 Å². The minimum atomic E-state index is -1.05. The Morgan fingerprint density at radius 1 is 0.963 bits per heavy atom. The molecule has 1 N–H and O–H groups in total. The van der Waals surface area contributed by atoms with E-state index in [1.807, 2.05) is 50.2 Å². The van der Waals surface area contributed by atoms with E-state index in [9.17, 15) is 9.59 Å². The van der Waals surface area contributed by atoms with E-state index in [1.165, 1.54) is 4.90 Å². The van der Waals surface area contributed by atoms with E-state index < -0.39 is 11.6 Å². The second kappa shape index (κ2) is 7.70. The third kappa shape index (κ3) is 3.89. The van der Waals surface area contributed by atoms with Gasteiger partial charge in [-0.2, -0.15) is 0 Å². The predicted molar refractivity (Wildman–Crippen MR) is 102 cm³/mol. The van der Waals surface area contributed by atoms with E-state index in [1.54, 1.807) is 19.1 Å². The van der Waals surface area contributed by atoms with Crippen LogP contribution in [0.15, 0.2) is 48.5 Å². The van der Waals surface area contributed by atoms with Gasteiger partial charge < -0.3 is 14.8 Å². The number of carbonyl (C=O) groups is 2. The maximum absolute atomic E-state index is 12.9. The molecule has 3 rings (SSSR count). The van der Waals surface area contributed by atoms with E-state index in [2.05, 4.69) is 5.32 Å². The summed E-state index contributed by atoms with van der Waals surface area (Å²) in [5, 5.41) is 2.80. The quantitative estimate of drug-likeness (QED) is 0.762. The van der Waals surface area contributed by atoms with Gasteiger partial charge in [0.15, 0.2) is 0 Å². The monoisotopic (exact) mass is 368 g/mol. The van der Waals surface area contributed by atoms with Crippen LogP contribution in [0.1, 0.15) is 25.0 Å². The second-order valence-electron chi connectivity index (χ2n) is 6.63. The van der Waals surface area contributed by atoms with Crippen LogP contribution in [0.3, 0.4) is 0 Å². The lowest BCUT2D eigenvalue weighted by Gasteiger charge is -2.22. The highest BCUT2D eigenvalue weighted by atomic mass is 16.5. The zero-order valence-corrected chi connectivity index (χ0v) is 15.8. The summed E-state index contributed by atoms with van der Waals surface area (Å²) in [4.78, 5) is 26.4. The number of hydrogen-bond acceptors (Lipinski definition) is 4. The Kier molecular flexibility index (Phi) is 5.35. The Morgan fingerprint density at radius 2 is 1.56 bits per heavy atom. The molecule has 1 fully saturated rings. The SMILES string of the molecule is CCOc1ccc(OCCN2C(=O)N[C@](C)(c3ccc(C)cc3)C2=O)cc1. The lowest BCUT2D eigenvalue weighted by Crippen LogP contribution is -2.41. The van der Waals surface area contributed by atoms with Gasteiger partial charge in [-0.25, -0.2) is 4.79 Å². The van der Waals surface area contributed by atoms with Crippen molar-refractivity contribution in [2.24, 2.45) is 0 Å². The van der Waals surface area contributed by atoms with Crippen LogP contribution in [0.25, 0.3) is 0 Å². The Balaban J connectivity index is 1.61. The molecule has 1 heterocycles. The average molecular weight is 368 g/mol. The molecule has 0 unspecified atom stereocenters. The molecule has 1 aliphatic heterocycles. The van der Waals surface area contributed by atoms with Crippen molar-refractivity contribution in [1.29, 1.82) is 0 Å². The van der Waals surface area contributed by atoms with Crippen molar-refractivity contribution in [2.75, 3.05) is 19.8 Å². The van der Waals surface area contributed by atoms with Gasteiger partial charge in [0, 0.05) is 0 Å². The molecule has 0 bridgehead atoms. The van der Waals surface area contributed by atoms with Crippen molar-refractivity contribution < 1.29 is 19.1 Å². The Bertz CT molecular complexity index is 817. The number of nitrogens with one attached hydrogen (secondary N) is 1. The first kappa shape index (κ1) is 18.8. The molecule has 27 heavy (non-hydrogen) atoms. The van der Waals surface area contributed by atoms with Gasteiger partial charge in [0.05, 0.1) is 13.2 Å². The molecule has 0 saturated carbocycles. The molecule has 1 atom stereocenters. The Hall–Kier alpha value is -3.02. The molecule has 142 valence electrons. The third-order valence-electron chi connectivity index (χ3n) is 4.62. The predicted octanol–water partition coefficient (Wildman–Crippen LogP) is 3.24. The normalized spacial score (nSPS) is 19.1. The number of carbonyl (C=O) groups excluding carboxylic acids is 2. The fourth-order valence-electron chi connectivity index (χ4n) is 3.04. The van der Waals surface area contributed by atoms with Gasteiger partial charge in [0.1, 0.15) is 23.6 Å². The Labute approximate surface area is 159 Å². The van der Waals surface area contributed by atoms with Crippen molar-refractivity contribution >= 4 is 11.9 Å². The molecule has 6 heteroatoms. The number of rotatable bonds is 7. The molecule has 0 aromatic heterocycles. The Morgan fingerprint density at radius 3 is 2.15 bits per heavy atom. The number of aryl methyl sites for hydroxylation is 1. The number of nitrogens with zero attached hydrogens (tertiary/aromatic N) is 1. The fourth-order valence-corrected chi connectivity index (χ4v) is 3.04. The summed E-state index contributed by atoms with van der Waals surface area (Å²) >= 11 is 0. The van der Waals surface area contributed by atoms with E-state index in [0.29, 0.717) is 12.4 Å². The standard InChI is InChI=1S/C21H24N2O4/c1-4-26-17-9-11-18(12-10-17)27-14-13-23-19(24)21(3,22-20(23)25)16-7-5-15(2)6-8-16/h5-12H,4,13-14H2,1-3H3,(H,22,25)/t21-/m1/s1. The lowest BCUT2D eigenvalue weighted by atomic mass is 9.91. The number of imide groups is 1. The zero-order valence-electron chi connectivity index (χ0n) is 15.8. The molecule has 1 saturated heterocycles. The van der Waals surface area contributed by atoms with Crippen LogP contribution in [-0.2, 0) is 10.3 Å². The van der Waals surface area contributed by atoms with Gasteiger partial charge in [-0.05, 0) is 50.6 Å². The highest BCUT2D eigenvalue weighted by Gasteiger charge is 2.48. The van der Waals surface area contributed by atoms with E-state index >= 15 is 0 Å². The number of amides is 3. The maximum Gasteiger partial charge on any atom is 0.325 e. The summed E-state index contributed by atoms with van der Waals surface area (Å²) in [6.07, 6.45) is 0. The molecule has 0 spiro atoms. The van der Waals surface area contributed by atoms with Gasteiger partial charge in [-0.3, -0.25) is 9.69 Å². The minimum absolute atomic E-state index is 0.180. The topological polar surface area (TPSA) is 67.9 Å². The highest BCUT2D eigenvalue weighted by molar-refractivity contribution is 6.07. The average Bonchev–Trinajstić information content (AvgIpc) is 2.88. The first-order chi connectivity index (χ1) is 12.9. The van der Waals surface area contributed by atoms with Crippen LogP contribution >= 0.6 is 0 Å². The van der Waals surface area contributed by atoms with Crippen LogP contribution in [0.5, 0.6) is 11.5 Å². The van der Waals surface area contributed by atoms with Gasteiger partial charge in [-0.1, -0.05) is 29.8 Å². The molecule has 2 aromatic rings. The van der Waals surface area contributed by atoms with Crippen LogP contribution in [-0.4, -0.2) is 36.6 Å². The molecule has 2 aromatic carbocycles. The van der Waals surface area contributed by atoms with E-state index in [-0.39, 0.29) is 19.1 Å². The highest BCUT2D eigenvalue weighted by Crippen LogP contribution is 2.29. The summed E-state index contributed by atoms with van der Waals surface area (Å²) in [7, 11) is 0. The molecule has 1 aliphatic rings. The maximum atomic E-state index is 12.9.